The predicted octanol–water partition coefficient (Wildman–Crippen LogP) is 3.71. The molecule has 6 nitrogen and oxygen atoms in total. The minimum absolute atomic E-state index is 0.108. The molecule has 2 rings (SSSR count). The quantitative estimate of drug-likeness (QED) is 0.671. The van der Waals surface area contributed by atoms with Gasteiger partial charge in [-0.05, 0) is 68.8 Å². The van der Waals surface area contributed by atoms with Crippen molar-refractivity contribution in [3.8, 4) is 5.75 Å². The number of rotatable bonds is 8. The largest absolute Gasteiger partial charge is 0.494 e. The smallest absolute Gasteiger partial charge is 0.245 e. The maximum absolute atomic E-state index is 13.4. The SMILES string of the molecule is CCOc1ccc(NC(=O)C(C)(C)NS(=O)(=O)Cc2cc(F)ccc2Cl)cc1. The third kappa shape index (κ3) is 6.19. The number of benzene rings is 2. The number of nitrogens with one attached hydrogen (secondary N) is 2. The number of hydrogen-bond acceptors (Lipinski definition) is 4. The van der Waals surface area contributed by atoms with E-state index in [9.17, 15) is 17.6 Å². The van der Waals surface area contributed by atoms with Crippen LogP contribution in [-0.4, -0.2) is 26.5 Å². The summed E-state index contributed by atoms with van der Waals surface area (Å²) in [6, 6.07) is 10.2. The Morgan fingerprint density at radius 2 is 1.82 bits per heavy atom. The number of anilines is 1. The van der Waals surface area contributed by atoms with Crippen LogP contribution in [0.1, 0.15) is 26.3 Å². The zero-order valence-corrected chi connectivity index (χ0v) is 17.3. The number of ether oxygens (including phenoxy) is 1. The second-order valence-corrected chi connectivity index (χ2v) is 8.76. The van der Waals surface area contributed by atoms with Gasteiger partial charge in [0, 0.05) is 10.7 Å². The van der Waals surface area contributed by atoms with E-state index in [-0.39, 0.29) is 10.6 Å². The molecule has 0 bridgehead atoms. The van der Waals surface area contributed by atoms with Gasteiger partial charge in [0.2, 0.25) is 15.9 Å². The first-order valence-corrected chi connectivity index (χ1v) is 10.6. The highest BCUT2D eigenvalue weighted by Crippen LogP contribution is 2.21. The second kappa shape index (κ2) is 8.89. The molecule has 0 aliphatic carbocycles. The van der Waals surface area contributed by atoms with E-state index in [1.54, 1.807) is 24.3 Å². The monoisotopic (exact) mass is 428 g/mol. The van der Waals surface area contributed by atoms with Crippen LogP contribution in [0.5, 0.6) is 5.75 Å². The standard InChI is InChI=1S/C19H22ClFN2O4S/c1-4-27-16-8-6-15(7-9-16)22-18(24)19(2,3)23-28(25,26)12-13-11-14(21)5-10-17(13)20/h5-11,23H,4,12H2,1-3H3,(H,22,24). The lowest BCUT2D eigenvalue weighted by atomic mass is 10.1. The molecule has 0 aliphatic rings. The first-order valence-electron chi connectivity index (χ1n) is 8.52. The van der Waals surface area contributed by atoms with Crippen molar-refractivity contribution < 1.29 is 22.3 Å². The molecule has 1 amide bonds. The van der Waals surface area contributed by atoms with Gasteiger partial charge >= 0.3 is 0 Å². The van der Waals surface area contributed by atoms with Gasteiger partial charge in [-0.15, -0.1) is 0 Å². The fourth-order valence-corrected chi connectivity index (χ4v) is 4.27. The molecule has 0 saturated heterocycles. The summed E-state index contributed by atoms with van der Waals surface area (Å²) in [5.74, 6) is -1.04. The number of hydrogen-bond donors (Lipinski definition) is 2. The lowest BCUT2D eigenvalue weighted by molar-refractivity contribution is -0.120. The van der Waals surface area contributed by atoms with E-state index in [1.165, 1.54) is 19.9 Å². The molecular weight excluding hydrogens is 407 g/mol. The van der Waals surface area contributed by atoms with Crippen LogP contribution >= 0.6 is 11.6 Å². The summed E-state index contributed by atoms with van der Waals surface area (Å²) >= 11 is 5.93. The molecule has 2 N–H and O–H groups in total. The molecule has 28 heavy (non-hydrogen) atoms. The van der Waals surface area contributed by atoms with Gasteiger partial charge in [-0.2, -0.15) is 4.72 Å². The van der Waals surface area contributed by atoms with Crippen molar-refractivity contribution >= 4 is 33.2 Å². The van der Waals surface area contributed by atoms with Crippen LogP contribution in [0.25, 0.3) is 0 Å². The minimum atomic E-state index is -3.96. The molecule has 0 fully saturated rings. The van der Waals surface area contributed by atoms with Gasteiger partial charge in [-0.1, -0.05) is 11.6 Å². The van der Waals surface area contributed by atoms with E-state index >= 15 is 0 Å². The molecule has 9 heteroatoms. The molecule has 0 aliphatic heterocycles. The Labute approximate surface area is 169 Å². The van der Waals surface area contributed by atoms with E-state index < -0.39 is 33.0 Å². The van der Waals surface area contributed by atoms with Crippen LogP contribution in [0.2, 0.25) is 5.02 Å². The Morgan fingerprint density at radius 1 is 1.18 bits per heavy atom. The molecule has 2 aromatic carbocycles. The van der Waals surface area contributed by atoms with Crippen molar-refractivity contribution in [2.24, 2.45) is 0 Å². The summed E-state index contributed by atoms with van der Waals surface area (Å²) in [4.78, 5) is 12.5. The summed E-state index contributed by atoms with van der Waals surface area (Å²) in [5, 5.41) is 2.78. The molecule has 152 valence electrons. The molecule has 0 aromatic heterocycles. The zero-order valence-electron chi connectivity index (χ0n) is 15.8. The molecule has 0 spiro atoms. The molecule has 0 radical (unpaired) electrons. The first kappa shape index (κ1) is 22.1. The van der Waals surface area contributed by atoms with E-state index in [1.807, 2.05) is 6.92 Å². The predicted molar refractivity (Wildman–Crippen MR) is 107 cm³/mol. The number of sulfonamides is 1. The van der Waals surface area contributed by atoms with Crippen LogP contribution in [0.4, 0.5) is 10.1 Å². The topological polar surface area (TPSA) is 84.5 Å². The number of halogens is 2. The van der Waals surface area contributed by atoms with Crippen molar-refractivity contribution in [1.82, 2.24) is 4.72 Å². The average Bonchev–Trinajstić information content (AvgIpc) is 2.59. The third-order valence-corrected chi connectivity index (χ3v) is 5.64. The molecular formula is C19H22ClFN2O4S. The maximum Gasteiger partial charge on any atom is 0.245 e. The Morgan fingerprint density at radius 3 is 2.43 bits per heavy atom. The van der Waals surface area contributed by atoms with Gasteiger partial charge in [0.25, 0.3) is 0 Å². The fraction of sp³-hybridized carbons (Fsp3) is 0.316. The molecule has 0 saturated carbocycles. The van der Waals surface area contributed by atoms with E-state index in [4.69, 9.17) is 16.3 Å². The lowest BCUT2D eigenvalue weighted by Gasteiger charge is -2.25. The zero-order chi connectivity index (χ0) is 20.9. The Kier molecular flexibility index (Phi) is 7.03. The molecule has 0 atom stereocenters. The van der Waals surface area contributed by atoms with Crippen molar-refractivity contribution in [2.45, 2.75) is 32.1 Å². The van der Waals surface area contributed by atoms with E-state index in [0.717, 1.165) is 12.1 Å². The average molecular weight is 429 g/mol. The summed E-state index contributed by atoms with van der Waals surface area (Å²) in [7, 11) is -3.96. The summed E-state index contributed by atoms with van der Waals surface area (Å²) < 4.78 is 46.0. The second-order valence-electron chi connectivity index (χ2n) is 6.63. The summed E-state index contributed by atoms with van der Waals surface area (Å²) in [6.07, 6.45) is 0. The van der Waals surface area contributed by atoms with Crippen LogP contribution in [0, 0.1) is 5.82 Å². The molecule has 0 heterocycles. The summed E-state index contributed by atoms with van der Waals surface area (Å²) in [6.45, 7) is 5.25. The number of amides is 1. The highest BCUT2D eigenvalue weighted by atomic mass is 35.5. The van der Waals surface area contributed by atoms with Gasteiger partial charge in [-0.3, -0.25) is 4.79 Å². The van der Waals surface area contributed by atoms with Crippen LogP contribution in [0.3, 0.4) is 0 Å². The third-order valence-electron chi connectivity index (χ3n) is 3.75. The van der Waals surface area contributed by atoms with Crippen molar-refractivity contribution in [2.75, 3.05) is 11.9 Å². The Balaban J connectivity index is 2.07. The van der Waals surface area contributed by atoms with Gasteiger partial charge in [0.05, 0.1) is 12.4 Å². The van der Waals surface area contributed by atoms with Gasteiger partial charge < -0.3 is 10.1 Å². The van der Waals surface area contributed by atoms with Gasteiger partial charge in [0.1, 0.15) is 17.1 Å². The van der Waals surface area contributed by atoms with Crippen LogP contribution in [-0.2, 0) is 20.6 Å². The molecule has 2 aromatic rings. The highest BCUT2D eigenvalue weighted by Gasteiger charge is 2.33. The van der Waals surface area contributed by atoms with Crippen LogP contribution < -0.4 is 14.8 Å². The molecule has 0 unspecified atom stereocenters. The Bertz CT molecular complexity index is 947. The maximum atomic E-state index is 13.4. The first-order chi connectivity index (χ1) is 13.0. The van der Waals surface area contributed by atoms with Gasteiger partial charge in [0.15, 0.2) is 0 Å². The van der Waals surface area contributed by atoms with Crippen molar-refractivity contribution in [3.63, 3.8) is 0 Å². The van der Waals surface area contributed by atoms with E-state index in [0.29, 0.717) is 18.0 Å². The number of carbonyl (C=O) groups excluding carboxylic acids is 1. The normalized spacial score (nSPS) is 11.9. The highest BCUT2D eigenvalue weighted by molar-refractivity contribution is 7.88. The minimum Gasteiger partial charge on any atom is -0.494 e. The van der Waals surface area contributed by atoms with Crippen LogP contribution in [0.15, 0.2) is 42.5 Å². The number of carbonyl (C=O) groups is 1. The van der Waals surface area contributed by atoms with Gasteiger partial charge in [-0.25, -0.2) is 12.8 Å². The van der Waals surface area contributed by atoms with E-state index in [2.05, 4.69) is 10.0 Å². The van der Waals surface area contributed by atoms with Crippen molar-refractivity contribution in [3.05, 3.63) is 58.9 Å². The lowest BCUT2D eigenvalue weighted by Crippen LogP contribution is -2.52. The summed E-state index contributed by atoms with van der Waals surface area (Å²) in [5.41, 5.74) is -0.845. The fourth-order valence-electron chi connectivity index (χ4n) is 2.42. The Hall–Kier alpha value is -2.16. The van der Waals surface area contributed by atoms with Crippen molar-refractivity contribution in [1.29, 1.82) is 0 Å².